The molecule has 0 aliphatic carbocycles. The first-order valence-corrected chi connectivity index (χ1v) is 8.28. The zero-order chi connectivity index (χ0) is 14.7. The Balaban J connectivity index is 1.79. The molecule has 3 rings (SSSR count). The highest BCUT2D eigenvalue weighted by Crippen LogP contribution is 2.22. The molecule has 1 N–H and O–H groups in total. The maximum absolute atomic E-state index is 12.2. The van der Waals surface area contributed by atoms with Crippen LogP contribution in [0.15, 0.2) is 47.6 Å². The molecule has 1 aromatic heterocycles. The highest BCUT2D eigenvalue weighted by atomic mass is 32.2. The lowest BCUT2D eigenvalue weighted by Gasteiger charge is -2.17. The molecular weight excluding hydrogens is 288 g/mol. The van der Waals surface area contributed by atoms with Crippen LogP contribution in [-0.4, -0.2) is 31.5 Å². The zero-order valence-corrected chi connectivity index (χ0v) is 12.3. The topological polar surface area (TPSA) is 75.2 Å². The Kier molecular flexibility index (Phi) is 3.74. The van der Waals surface area contributed by atoms with Crippen LogP contribution in [0.25, 0.3) is 0 Å². The largest absolute Gasteiger partial charge is 0.372 e. The Bertz CT molecular complexity index is 696. The number of nitrogens with one attached hydrogen (secondary N) is 1. The van der Waals surface area contributed by atoms with Crippen molar-refractivity contribution in [2.24, 2.45) is 0 Å². The second kappa shape index (κ2) is 5.69. The first-order chi connectivity index (χ1) is 10.1. The fourth-order valence-electron chi connectivity index (χ4n) is 2.34. The van der Waals surface area contributed by atoms with E-state index in [1.165, 1.54) is 25.2 Å². The van der Waals surface area contributed by atoms with E-state index in [1.807, 2.05) is 12.1 Å². The number of anilines is 2. The summed E-state index contributed by atoms with van der Waals surface area (Å²) in [4.78, 5) is 10.2. The average Bonchev–Trinajstić information content (AvgIpc) is 3.02. The van der Waals surface area contributed by atoms with Crippen molar-refractivity contribution in [2.75, 3.05) is 22.7 Å². The Morgan fingerprint density at radius 2 is 1.62 bits per heavy atom. The van der Waals surface area contributed by atoms with Crippen molar-refractivity contribution < 1.29 is 8.42 Å². The van der Waals surface area contributed by atoms with Gasteiger partial charge in [0.05, 0.1) is 4.90 Å². The van der Waals surface area contributed by atoms with E-state index in [2.05, 4.69) is 19.6 Å². The average molecular weight is 304 g/mol. The lowest BCUT2D eigenvalue weighted by atomic mass is 10.3. The van der Waals surface area contributed by atoms with Gasteiger partial charge < -0.3 is 4.90 Å². The molecule has 1 aliphatic heterocycles. The van der Waals surface area contributed by atoms with Gasteiger partial charge in [-0.15, -0.1) is 0 Å². The molecular formula is C14H16N4O2S. The summed E-state index contributed by atoms with van der Waals surface area (Å²) in [5, 5.41) is 0. The number of benzene rings is 1. The molecule has 1 saturated heterocycles. The van der Waals surface area contributed by atoms with Crippen LogP contribution in [0.2, 0.25) is 0 Å². The second-order valence-corrected chi connectivity index (χ2v) is 6.55. The summed E-state index contributed by atoms with van der Waals surface area (Å²) in [5.41, 5.74) is 1.06. The SMILES string of the molecule is O=S(=O)(Nc1ncccn1)c1ccc(N2CCCC2)cc1. The molecule has 0 saturated carbocycles. The molecule has 0 amide bonds. The first-order valence-electron chi connectivity index (χ1n) is 6.80. The first kappa shape index (κ1) is 13.8. The smallest absolute Gasteiger partial charge is 0.264 e. The monoisotopic (exact) mass is 304 g/mol. The van der Waals surface area contributed by atoms with E-state index < -0.39 is 10.0 Å². The molecule has 0 atom stereocenters. The second-order valence-electron chi connectivity index (χ2n) is 4.87. The van der Waals surface area contributed by atoms with Gasteiger partial charge in [0.15, 0.2) is 0 Å². The number of hydrogen-bond donors (Lipinski definition) is 1. The summed E-state index contributed by atoms with van der Waals surface area (Å²) in [6.07, 6.45) is 5.35. The predicted octanol–water partition coefficient (Wildman–Crippen LogP) is 1.88. The van der Waals surface area contributed by atoms with Crippen LogP contribution in [0.4, 0.5) is 11.6 Å². The van der Waals surface area contributed by atoms with Gasteiger partial charge >= 0.3 is 0 Å². The van der Waals surface area contributed by atoms with Crippen LogP contribution in [0, 0.1) is 0 Å². The summed E-state index contributed by atoms with van der Waals surface area (Å²) in [5.74, 6) is 0.0705. The molecule has 0 spiro atoms. The Labute approximate surface area is 123 Å². The Morgan fingerprint density at radius 1 is 1.00 bits per heavy atom. The fourth-order valence-corrected chi connectivity index (χ4v) is 3.30. The number of nitrogens with zero attached hydrogens (tertiary/aromatic N) is 3. The molecule has 0 unspecified atom stereocenters. The molecule has 110 valence electrons. The van der Waals surface area contributed by atoms with Crippen molar-refractivity contribution in [1.82, 2.24) is 9.97 Å². The zero-order valence-electron chi connectivity index (χ0n) is 11.4. The molecule has 21 heavy (non-hydrogen) atoms. The van der Waals surface area contributed by atoms with Crippen molar-refractivity contribution in [2.45, 2.75) is 17.7 Å². The van der Waals surface area contributed by atoms with E-state index in [0.717, 1.165) is 18.8 Å². The molecule has 0 radical (unpaired) electrons. The van der Waals surface area contributed by atoms with Crippen LogP contribution in [-0.2, 0) is 10.0 Å². The van der Waals surface area contributed by atoms with Crippen molar-refractivity contribution in [1.29, 1.82) is 0 Å². The lowest BCUT2D eigenvalue weighted by Crippen LogP contribution is -2.18. The van der Waals surface area contributed by atoms with E-state index in [-0.39, 0.29) is 10.8 Å². The summed E-state index contributed by atoms with van der Waals surface area (Å²) in [7, 11) is -3.65. The van der Waals surface area contributed by atoms with Gasteiger partial charge in [0, 0.05) is 31.2 Å². The summed E-state index contributed by atoms with van der Waals surface area (Å²) >= 11 is 0. The maximum Gasteiger partial charge on any atom is 0.264 e. The molecule has 1 fully saturated rings. The van der Waals surface area contributed by atoms with Crippen LogP contribution in [0.1, 0.15) is 12.8 Å². The minimum atomic E-state index is -3.65. The summed E-state index contributed by atoms with van der Waals surface area (Å²) < 4.78 is 26.8. The highest BCUT2D eigenvalue weighted by molar-refractivity contribution is 7.92. The van der Waals surface area contributed by atoms with E-state index >= 15 is 0 Å². The maximum atomic E-state index is 12.2. The molecule has 2 heterocycles. The molecule has 1 aromatic carbocycles. The van der Waals surface area contributed by atoms with Gasteiger partial charge in [0.1, 0.15) is 0 Å². The summed E-state index contributed by atoms with van der Waals surface area (Å²) in [6.45, 7) is 2.06. The minimum absolute atomic E-state index is 0.0705. The normalized spacial score (nSPS) is 15.1. The molecule has 7 heteroatoms. The number of hydrogen-bond acceptors (Lipinski definition) is 5. The van der Waals surface area contributed by atoms with E-state index in [4.69, 9.17) is 0 Å². The van der Waals surface area contributed by atoms with E-state index in [0.29, 0.717) is 0 Å². The quantitative estimate of drug-likeness (QED) is 0.933. The third-order valence-electron chi connectivity index (χ3n) is 3.41. The standard InChI is InChI=1S/C14H16N4O2S/c19-21(20,17-14-15-8-3-9-16-14)13-6-4-12(5-7-13)18-10-1-2-11-18/h3-9H,1-2,10-11H2,(H,15,16,17). The van der Waals surface area contributed by atoms with Gasteiger partial charge in [0.2, 0.25) is 5.95 Å². The van der Waals surface area contributed by atoms with Crippen molar-refractivity contribution in [3.63, 3.8) is 0 Å². The van der Waals surface area contributed by atoms with Gasteiger partial charge in [-0.3, -0.25) is 0 Å². The number of aromatic nitrogens is 2. The van der Waals surface area contributed by atoms with Crippen LogP contribution in [0.5, 0.6) is 0 Å². The third kappa shape index (κ3) is 3.13. The predicted molar refractivity (Wildman–Crippen MR) is 80.7 cm³/mol. The molecule has 6 nitrogen and oxygen atoms in total. The summed E-state index contributed by atoms with van der Waals surface area (Å²) in [6, 6.07) is 8.53. The van der Waals surface area contributed by atoms with E-state index in [1.54, 1.807) is 18.2 Å². The van der Waals surface area contributed by atoms with Crippen molar-refractivity contribution >= 4 is 21.7 Å². The van der Waals surface area contributed by atoms with Crippen molar-refractivity contribution in [3.05, 3.63) is 42.7 Å². The number of rotatable bonds is 4. The Morgan fingerprint density at radius 3 is 2.24 bits per heavy atom. The van der Waals surface area contributed by atoms with Gasteiger partial charge in [-0.1, -0.05) is 0 Å². The van der Waals surface area contributed by atoms with E-state index in [9.17, 15) is 8.42 Å². The van der Waals surface area contributed by atoms with Gasteiger partial charge in [-0.25, -0.2) is 23.1 Å². The Hall–Kier alpha value is -2.15. The molecule has 0 bridgehead atoms. The van der Waals surface area contributed by atoms with Gasteiger partial charge in [0.25, 0.3) is 10.0 Å². The minimum Gasteiger partial charge on any atom is -0.372 e. The number of sulfonamides is 1. The van der Waals surface area contributed by atoms with Crippen LogP contribution < -0.4 is 9.62 Å². The highest BCUT2D eigenvalue weighted by Gasteiger charge is 2.17. The lowest BCUT2D eigenvalue weighted by molar-refractivity contribution is 0.601. The van der Waals surface area contributed by atoms with Gasteiger partial charge in [-0.2, -0.15) is 0 Å². The third-order valence-corrected chi connectivity index (χ3v) is 4.75. The van der Waals surface area contributed by atoms with Crippen LogP contribution >= 0.6 is 0 Å². The molecule has 2 aromatic rings. The van der Waals surface area contributed by atoms with Crippen molar-refractivity contribution in [3.8, 4) is 0 Å². The fraction of sp³-hybridized carbons (Fsp3) is 0.286. The molecule has 1 aliphatic rings. The van der Waals surface area contributed by atoms with Crippen LogP contribution in [0.3, 0.4) is 0 Å². The van der Waals surface area contributed by atoms with Gasteiger partial charge in [-0.05, 0) is 43.2 Å².